The van der Waals surface area contributed by atoms with E-state index >= 15 is 0 Å². The molecule has 168 valence electrons. The molecule has 2 aromatic rings. The largest absolute Gasteiger partial charge is 0.493 e. The van der Waals surface area contributed by atoms with E-state index in [1.165, 1.54) is 20.3 Å². The van der Waals surface area contributed by atoms with Crippen LogP contribution in [-0.4, -0.2) is 43.8 Å². The highest BCUT2D eigenvalue weighted by Gasteiger charge is 2.30. The predicted molar refractivity (Wildman–Crippen MR) is 107 cm³/mol. The van der Waals surface area contributed by atoms with Crippen molar-refractivity contribution < 1.29 is 37.3 Å². The fourth-order valence-electron chi connectivity index (χ4n) is 2.84. The number of carboxylic acid groups (broad SMARTS) is 1. The summed E-state index contributed by atoms with van der Waals surface area (Å²) in [6.45, 7) is 0.253. The number of hydrogen-bond donors (Lipinski definition) is 3. The van der Waals surface area contributed by atoms with E-state index in [-0.39, 0.29) is 12.2 Å². The van der Waals surface area contributed by atoms with Crippen molar-refractivity contribution in [2.75, 3.05) is 26.1 Å². The lowest BCUT2D eigenvalue weighted by atomic mass is 10.1. The first-order valence-electron chi connectivity index (χ1n) is 9.28. The summed E-state index contributed by atoms with van der Waals surface area (Å²) in [5, 5.41) is 14.4. The summed E-state index contributed by atoms with van der Waals surface area (Å²) < 4.78 is 48.7. The molecule has 2 rings (SSSR count). The fraction of sp³-hybridized carbons (Fsp3) is 0.333. The molecule has 3 N–H and O–H groups in total. The van der Waals surface area contributed by atoms with Crippen molar-refractivity contribution in [3.05, 3.63) is 53.6 Å². The van der Waals surface area contributed by atoms with Gasteiger partial charge in [-0.15, -0.1) is 0 Å². The number of carbonyl (C=O) groups is 2. The zero-order valence-corrected chi connectivity index (χ0v) is 17.0. The SMILES string of the molecule is COc1ccc(CCN[C@@H](CC(=O)Nc2cccc(C(F)(F)F)c2)C(=O)O)cc1OC. The molecule has 0 aliphatic rings. The fourth-order valence-corrected chi connectivity index (χ4v) is 2.84. The summed E-state index contributed by atoms with van der Waals surface area (Å²) in [6.07, 6.45) is -4.53. The molecule has 0 bridgehead atoms. The van der Waals surface area contributed by atoms with Gasteiger partial charge in [-0.2, -0.15) is 13.2 Å². The third-order valence-corrected chi connectivity index (χ3v) is 4.41. The minimum atomic E-state index is -4.55. The normalized spacial score (nSPS) is 12.2. The Bertz CT molecular complexity index is 918. The molecule has 0 radical (unpaired) electrons. The van der Waals surface area contributed by atoms with E-state index in [2.05, 4.69) is 10.6 Å². The Morgan fingerprint density at radius 1 is 1.06 bits per heavy atom. The molecular weight excluding hydrogens is 417 g/mol. The second-order valence-corrected chi connectivity index (χ2v) is 6.62. The van der Waals surface area contributed by atoms with Crippen LogP contribution in [0.1, 0.15) is 17.5 Å². The van der Waals surface area contributed by atoms with Crippen molar-refractivity contribution in [2.24, 2.45) is 0 Å². The summed E-state index contributed by atoms with van der Waals surface area (Å²) in [4.78, 5) is 23.6. The quantitative estimate of drug-likeness (QED) is 0.525. The second-order valence-electron chi connectivity index (χ2n) is 6.62. The lowest BCUT2D eigenvalue weighted by molar-refractivity contribution is -0.141. The molecule has 31 heavy (non-hydrogen) atoms. The average Bonchev–Trinajstić information content (AvgIpc) is 2.72. The number of hydrogen-bond acceptors (Lipinski definition) is 5. The van der Waals surface area contributed by atoms with Crippen molar-refractivity contribution in [2.45, 2.75) is 25.1 Å². The number of benzene rings is 2. The van der Waals surface area contributed by atoms with Crippen LogP contribution in [0.4, 0.5) is 18.9 Å². The summed E-state index contributed by atoms with van der Waals surface area (Å²) in [6, 6.07) is 8.22. The number of methoxy groups -OCH3 is 2. The predicted octanol–water partition coefficient (Wildman–Crippen LogP) is 3.34. The molecule has 0 aromatic heterocycles. The number of carbonyl (C=O) groups excluding carboxylic acids is 1. The highest BCUT2D eigenvalue weighted by atomic mass is 19.4. The molecule has 0 spiro atoms. The molecule has 0 aliphatic heterocycles. The number of rotatable bonds is 10. The van der Waals surface area contributed by atoms with Gasteiger partial charge in [0.1, 0.15) is 6.04 Å². The topological polar surface area (TPSA) is 96.9 Å². The molecule has 0 saturated heterocycles. The van der Waals surface area contributed by atoms with Crippen LogP contribution in [-0.2, 0) is 22.2 Å². The van der Waals surface area contributed by atoms with Crippen LogP contribution in [0.2, 0.25) is 0 Å². The van der Waals surface area contributed by atoms with Crippen molar-refractivity contribution >= 4 is 17.6 Å². The van der Waals surface area contributed by atoms with Gasteiger partial charge in [-0.05, 0) is 48.9 Å². The number of halogens is 3. The lowest BCUT2D eigenvalue weighted by Gasteiger charge is -2.15. The van der Waals surface area contributed by atoms with Crippen molar-refractivity contribution in [3.8, 4) is 11.5 Å². The number of aliphatic carboxylic acids is 1. The molecule has 0 saturated carbocycles. The Morgan fingerprint density at radius 2 is 1.77 bits per heavy atom. The van der Waals surface area contributed by atoms with Crippen LogP contribution >= 0.6 is 0 Å². The van der Waals surface area contributed by atoms with Gasteiger partial charge in [0.25, 0.3) is 0 Å². The van der Waals surface area contributed by atoms with Gasteiger partial charge in [0.15, 0.2) is 11.5 Å². The maximum atomic E-state index is 12.8. The minimum Gasteiger partial charge on any atom is -0.493 e. The molecule has 1 atom stereocenters. The molecule has 1 amide bonds. The van der Waals surface area contributed by atoms with E-state index in [4.69, 9.17) is 9.47 Å². The van der Waals surface area contributed by atoms with E-state index in [9.17, 15) is 27.9 Å². The minimum absolute atomic E-state index is 0.0608. The summed E-state index contributed by atoms with van der Waals surface area (Å²) >= 11 is 0. The maximum Gasteiger partial charge on any atom is 0.416 e. The number of carboxylic acids is 1. The Kier molecular flexibility index (Phi) is 8.26. The van der Waals surface area contributed by atoms with Crippen LogP contribution in [0.25, 0.3) is 0 Å². The summed E-state index contributed by atoms with van der Waals surface area (Å²) in [5.74, 6) is -0.860. The van der Waals surface area contributed by atoms with Gasteiger partial charge in [0, 0.05) is 5.69 Å². The van der Waals surface area contributed by atoms with E-state index in [0.717, 1.165) is 23.8 Å². The van der Waals surface area contributed by atoms with Crippen LogP contribution in [0.3, 0.4) is 0 Å². The Balaban J connectivity index is 1.93. The van der Waals surface area contributed by atoms with Crippen LogP contribution in [0.15, 0.2) is 42.5 Å². The number of ether oxygens (including phenoxy) is 2. The highest BCUT2D eigenvalue weighted by molar-refractivity contribution is 5.94. The third-order valence-electron chi connectivity index (χ3n) is 4.41. The average molecular weight is 440 g/mol. The zero-order chi connectivity index (χ0) is 23.0. The number of anilines is 1. The van der Waals surface area contributed by atoms with Crippen molar-refractivity contribution in [1.82, 2.24) is 5.32 Å². The van der Waals surface area contributed by atoms with Gasteiger partial charge in [-0.1, -0.05) is 12.1 Å². The maximum absolute atomic E-state index is 12.8. The van der Waals surface area contributed by atoms with E-state index in [0.29, 0.717) is 17.9 Å². The van der Waals surface area contributed by atoms with Gasteiger partial charge >= 0.3 is 12.1 Å². The van der Waals surface area contributed by atoms with Gasteiger partial charge < -0.3 is 25.2 Å². The molecule has 10 heteroatoms. The lowest BCUT2D eigenvalue weighted by Crippen LogP contribution is -2.40. The van der Waals surface area contributed by atoms with Crippen molar-refractivity contribution in [3.63, 3.8) is 0 Å². The Labute approximate surface area is 177 Å². The van der Waals surface area contributed by atoms with Gasteiger partial charge in [0.2, 0.25) is 5.91 Å². The molecule has 0 unspecified atom stereocenters. The first-order chi connectivity index (χ1) is 14.6. The van der Waals surface area contributed by atoms with E-state index < -0.39 is 36.1 Å². The zero-order valence-electron chi connectivity index (χ0n) is 17.0. The molecule has 0 aliphatic carbocycles. The number of alkyl halides is 3. The first kappa shape index (κ1) is 24.0. The summed E-state index contributed by atoms with van der Waals surface area (Å²) in [7, 11) is 3.02. The van der Waals surface area contributed by atoms with Crippen LogP contribution in [0, 0.1) is 0 Å². The third kappa shape index (κ3) is 7.18. The second kappa shape index (κ2) is 10.7. The summed E-state index contributed by atoms with van der Waals surface area (Å²) in [5.41, 5.74) is -0.106. The van der Waals surface area contributed by atoms with Gasteiger partial charge in [-0.25, -0.2) is 0 Å². The smallest absolute Gasteiger partial charge is 0.416 e. The van der Waals surface area contributed by atoms with Crippen LogP contribution < -0.4 is 20.1 Å². The van der Waals surface area contributed by atoms with Crippen molar-refractivity contribution in [1.29, 1.82) is 0 Å². The molecule has 2 aromatic carbocycles. The van der Waals surface area contributed by atoms with Gasteiger partial charge in [-0.3, -0.25) is 9.59 Å². The molecule has 7 nitrogen and oxygen atoms in total. The molecule has 0 heterocycles. The first-order valence-corrected chi connectivity index (χ1v) is 9.28. The van der Waals surface area contributed by atoms with E-state index in [1.54, 1.807) is 18.2 Å². The number of nitrogens with one attached hydrogen (secondary N) is 2. The Hall–Kier alpha value is -3.27. The molecule has 0 fully saturated rings. The number of amides is 1. The molecular formula is C21H23F3N2O5. The van der Waals surface area contributed by atoms with E-state index in [1.807, 2.05) is 0 Å². The van der Waals surface area contributed by atoms with Crippen LogP contribution in [0.5, 0.6) is 11.5 Å². The monoisotopic (exact) mass is 440 g/mol. The standard InChI is InChI=1S/C21H23F3N2O5/c1-30-17-7-6-13(10-18(17)31-2)8-9-25-16(20(28)29)12-19(27)26-15-5-3-4-14(11-15)21(22,23)24/h3-7,10-11,16,25H,8-9,12H2,1-2H3,(H,26,27)(H,28,29)/t16-/m0/s1. The van der Waals surface area contributed by atoms with Gasteiger partial charge in [0.05, 0.1) is 26.2 Å². The highest BCUT2D eigenvalue weighted by Crippen LogP contribution is 2.30. The Morgan fingerprint density at radius 3 is 2.39 bits per heavy atom.